The van der Waals surface area contributed by atoms with Crippen LogP contribution in [0.5, 0.6) is 0 Å². The molecular weight excluding hydrogens is 212 g/mol. The first-order valence-corrected chi connectivity index (χ1v) is 5.90. The van der Waals surface area contributed by atoms with Gasteiger partial charge in [-0.1, -0.05) is 12.0 Å². The maximum absolute atomic E-state index is 12.1. The molecule has 2 rings (SSSR count). The Morgan fingerprint density at radius 3 is 2.94 bits per heavy atom. The highest BCUT2D eigenvalue weighted by Crippen LogP contribution is 2.29. The second-order valence-electron chi connectivity index (χ2n) is 4.42. The standard InChI is InChI=1S/C14H16N2O/c1-2-9-16(11-12-6-7-12)14(17)10-13-5-3-4-8-15-13/h1,3-5,8,12H,6-7,9-11H2. The van der Waals surface area contributed by atoms with Crippen molar-refractivity contribution in [1.29, 1.82) is 0 Å². The number of rotatable bonds is 5. The summed E-state index contributed by atoms with van der Waals surface area (Å²) in [6.07, 6.45) is 9.78. The van der Waals surface area contributed by atoms with E-state index in [0.717, 1.165) is 12.2 Å². The van der Waals surface area contributed by atoms with Crippen molar-refractivity contribution in [2.24, 2.45) is 5.92 Å². The highest BCUT2D eigenvalue weighted by molar-refractivity contribution is 5.78. The zero-order valence-electron chi connectivity index (χ0n) is 9.80. The maximum atomic E-state index is 12.1. The van der Waals surface area contributed by atoms with E-state index in [1.807, 2.05) is 18.2 Å². The summed E-state index contributed by atoms with van der Waals surface area (Å²) in [5.41, 5.74) is 0.801. The molecule has 0 aliphatic heterocycles. The van der Waals surface area contributed by atoms with Gasteiger partial charge in [0, 0.05) is 18.4 Å². The molecule has 0 unspecified atom stereocenters. The Kier molecular flexibility index (Phi) is 3.77. The van der Waals surface area contributed by atoms with Crippen LogP contribution in [0.1, 0.15) is 18.5 Å². The monoisotopic (exact) mass is 228 g/mol. The molecule has 1 aromatic heterocycles. The van der Waals surface area contributed by atoms with E-state index in [4.69, 9.17) is 6.42 Å². The molecule has 3 nitrogen and oxygen atoms in total. The minimum absolute atomic E-state index is 0.0774. The maximum Gasteiger partial charge on any atom is 0.229 e. The number of hydrogen-bond acceptors (Lipinski definition) is 2. The average Bonchev–Trinajstić information content (AvgIpc) is 3.14. The van der Waals surface area contributed by atoms with Gasteiger partial charge in [0.05, 0.1) is 13.0 Å². The summed E-state index contributed by atoms with van der Waals surface area (Å²) in [6, 6.07) is 5.60. The number of nitrogens with zero attached hydrogens (tertiary/aromatic N) is 2. The summed E-state index contributed by atoms with van der Waals surface area (Å²) in [5.74, 6) is 3.29. The van der Waals surface area contributed by atoms with Crippen molar-refractivity contribution in [3.8, 4) is 12.3 Å². The summed E-state index contributed by atoms with van der Waals surface area (Å²) in [7, 11) is 0. The molecule has 0 radical (unpaired) electrons. The Balaban J connectivity index is 1.93. The molecular formula is C14H16N2O. The molecule has 0 spiro atoms. The predicted octanol–water partition coefficient (Wildman–Crippen LogP) is 1.50. The van der Waals surface area contributed by atoms with Gasteiger partial charge in [0.1, 0.15) is 0 Å². The Morgan fingerprint density at radius 1 is 1.53 bits per heavy atom. The molecule has 17 heavy (non-hydrogen) atoms. The van der Waals surface area contributed by atoms with Gasteiger partial charge in [0.25, 0.3) is 0 Å². The summed E-state index contributed by atoms with van der Waals surface area (Å²) in [6.45, 7) is 1.21. The quantitative estimate of drug-likeness (QED) is 0.715. The van der Waals surface area contributed by atoms with Gasteiger partial charge in [-0.2, -0.15) is 0 Å². The third-order valence-electron chi connectivity index (χ3n) is 2.87. The number of hydrogen-bond donors (Lipinski definition) is 0. The Hall–Kier alpha value is -1.82. The second-order valence-corrected chi connectivity index (χ2v) is 4.42. The SMILES string of the molecule is C#CCN(CC1CC1)C(=O)Cc1ccccn1. The van der Waals surface area contributed by atoms with Crippen LogP contribution in [0.4, 0.5) is 0 Å². The fraction of sp³-hybridized carbons (Fsp3) is 0.429. The Bertz CT molecular complexity index is 418. The van der Waals surface area contributed by atoms with Gasteiger partial charge in [-0.05, 0) is 30.9 Å². The first-order chi connectivity index (χ1) is 8.29. The molecule has 0 saturated heterocycles. The third-order valence-corrected chi connectivity index (χ3v) is 2.87. The largest absolute Gasteiger partial charge is 0.331 e. The lowest BCUT2D eigenvalue weighted by Crippen LogP contribution is -2.34. The van der Waals surface area contributed by atoms with Crippen LogP contribution in [0.3, 0.4) is 0 Å². The van der Waals surface area contributed by atoms with Crippen LogP contribution >= 0.6 is 0 Å². The third kappa shape index (κ3) is 3.60. The highest BCUT2D eigenvalue weighted by atomic mass is 16.2. The van der Waals surface area contributed by atoms with E-state index < -0.39 is 0 Å². The minimum atomic E-state index is 0.0774. The molecule has 1 saturated carbocycles. The summed E-state index contributed by atoms with van der Waals surface area (Å²) >= 11 is 0. The summed E-state index contributed by atoms with van der Waals surface area (Å²) < 4.78 is 0. The fourth-order valence-corrected chi connectivity index (χ4v) is 1.75. The van der Waals surface area contributed by atoms with Gasteiger partial charge in [0.15, 0.2) is 0 Å². The van der Waals surface area contributed by atoms with Gasteiger partial charge < -0.3 is 4.90 Å². The van der Waals surface area contributed by atoms with Crippen molar-refractivity contribution >= 4 is 5.91 Å². The number of carbonyl (C=O) groups is 1. The molecule has 0 aromatic carbocycles. The summed E-state index contributed by atoms with van der Waals surface area (Å²) in [5, 5.41) is 0. The van der Waals surface area contributed by atoms with Crippen molar-refractivity contribution in [3.05, 3.63) is 30.1 Å². The normalized spacial score (nSPS) is 14.1. The van der Waals surface area contributed by atoms with E-state index in [-0.39, 0.29) is 5.91 Å². The highest BCUT2D eigenvalue weighted by Gasteiger charge is 2.26. The molecule has 0 N–H and O–H groups in total. The minimum Gasteiger partial charge on any atom is -0.331 e. The van der Waals surface area contributed by atoms with Gasteiger partial charge >= 0.3 is 0 Å². The Morgan fingerprint density at radius 2 is 2.35 bits per heavy atom. The molecule has 1 heterocycles. The number of aromatic nitrogens is 1. The van der Waals surface area contributed by atoms with E-state index in [0.29, 0.717) is 18.9 Å². The predicted molar refractivity (Wildman–Crippen MR) is 66.1 cm³/mol. The van der Waals surface area contributed by atoms with E-state index in [1.165, 1.54) is 12.8 Å². The van der Waals surface area contributed by atoms with Crippen LogP contribution in [0, 0.1) is 18.3 Å². The smallest absolute Gasteiger partial charge is 0.229 e. The molecule has 1 aromatic rings. The molecule has 0 atom stereocenters. The average molecular weight is 228 g/mol. The first-order valence-electron chi connectivity index (χ1n) is 5.90. The van der Waals surface area contributed by atoms with Crippen molar-refractivity contribution in [2.45, 2.75) is 19.3 Å². The molecule has 1 aliphatic carbocycles. The molecule has 3 heteroatoms. The number of carbonyl (C=O) groups excluding carboxylic acids is 1. The lowest BCUT2D eigenvalue weighted by Gasteiger charge is -2.19. The molecule has 1 fully saturated rings. The van der Waals surface area contributed by atoms with Crippen molar-refractivity contribution in [1.82, 2.24) is 9.88 Å². The Labute approximate surface area is 102 Å². The second kappa shape index (κ2) is 5.49. The van der Waals surface area contributed by atoms with Gasteiger partial charge in [-0.25, -0.2) is 0 Å². The van der Waals surface area contributed by atoms with Crippen LogP contribution in [0.25, 0.3) is 0 Å². The van der Waals surface area contributed by atoms with Crippen LogP contribution < -0.4 is 0 Å². The van der Waals surface area contributed by atoms with Crippen LogP contribution in [0.15, 0.2) is 24.4 Å². The van der Waals surface area contributed by atoms with Gasteiger partial charge in [-0.15, -0.1) is 6.42 Å². The topological polar surface area (TPSA) is 33.2 Å². The molecule has 1 amide bonds. The van der Waals surface area contributed by atoms with Gasteiger partial charge in [0.2, 0.25) is 5.91 Å². The first kappa shape index (κ1) is 11.7. The zero-order valence-corrected chi connectivity index (χ0v) is 9.80. The number of terminal acetylenes is 1. The van der Waals surface area contributed by atoms with Crippen molar-refractivity contribution in [2.75, 3.05) is 13.1 Å². The van der Waals surface area contributed by atoms with Crippen molar-refractivity contribution < 1.29 is 4.79 Å². The van der Waals surface area contributed by atoms with Crippen molar-refractivity contribution in [3.63, 3.8) is 0 Å². The van der Waals surface area contributed by atoms with Gasteiger partial charge in [-0.3, -0.25) is 9.78 Å². The molecule has 88 valence electrons. The summed E-state index contributed by atoms with van der Waals surface area (Å²) in [4.78, 5) is 18.0. The lowest BCUT2D eigenvalue weighted by molar-refractivity contribution is -0.130. The fourth-order valence-electron chi connectivity index (χ4n) is 1.75. The van der Waals surface area contributed by atoms with E-state index in [1.54, 1.807) is 11.1 Å². The van der Waals surface area contributed by atoms with E-state index in [9.17, 15) is 4.79 Å². The van der Waals surface area contributed by atoms with Crippen LogP contribution in [-0.2, 0) is 11.2 Å². The number of amides is 1. The van der Waals surface area contributed by atoms with E-state index >= 15 is 0 Å². The van der Waals surface area contributed by atoms with Crippen LogP contribution in [0.2, 0.25) is 0 Å². The van der Waals surface area contributed by atoms with Crippen LogP contribution in [-0.4, -0.2) is 28.9 Å². The molecule has 0 bridgehead atoms. The number of pyridine rings is 1. The molecule has 1 aliphatic rings. The zero-order chi connectivity index (χ0) is 12.1. The lowest BCUT2D eigenvalue weighted by atomic mass is 10.2. The van der Waals surface area contributed by atoms with E-state index in [2.05, 4.69) is 10.9 Å².